The fraction of sp³-hybridized carbons (Fsp3) is 0.118. The van der Waals surface area contributed by atoms with Gasteiger partial charge < -0.3 is 4.74 Å². The van der Waals surface area contributed by atoms with E-state index < -0.39 is 0 Å². The predicted octanol–water partition coefficient (Wildman–Crippen LogP) is 3.99. The summed E-state index contributed by atoms with van der Waals surface area (Å²) in [6.07, 6.45) is 7.23. The number of aromatic nitrogens is 3. The second-order valence-electron chi connectivity index (χ2n) is 4.68. The lowest BCUT2D eigenvalue weighted by Crippen LogP contribution is -1.95. The number of benzene rings is 1. The van der Waals surface area contributed by atoms with Gasteiger partial charge in [0.1, 0.15) is 18.7 Å². The van der Waals surface area contributed by atoms with Crippen LogP contribution in [0, 0.1) is 6.92 Å². The third kappa shape index (κ3) is 3.99. The molecule has 0 N–H and O–H groups in total. The van der Waals surface area contributed by atoms with E-state index in [9.17, 15) is 0 Å². The zero-order valence-electron chi connectivity index (χ0n) is 12.1. The van der Waals surface area contributed by atoms with Crippen LogP contribution >= 0.6 is 11.3 Å². The molecule has 0 spiro atoms. The molecule has 22 heavy (non-hydrogen) atoms. The Kier molecular flexibility index (Phi) is 4.56. The van der Waals surface area contributed by atoms with Crippen molar-refractivity contribution in [2.24, 2.45) is 0 Å². The van der Waals surface area contributed by atoms with Crippen LogP contribution in [0.3, 0.4) is 0 Å². The number of thiazole rings is 1. The molecule has 0 fully saturated rings. The maximum Gasteiger partial charge on any atom is 0.131 e. The average molecular weight is 309 g/mol. The summed E-state index contributed by atoms with van der Waals surface area (Å²) < 4.78 is 5.72. The molecule has 110 valence electrons. The third-order valence-corrected chi connectivity index (χ3v) is 3.81. The van der Waals surface area contributed by atoms with E-state index >= 15 is 0 Å². The molecule has 2 aromatic heterocycles. The minimum absolute atomic E-state index is 0.500. The summed E-state index contributed by atoms with van der Waals surface area (Å²) in [5.41, 5.74) is 2.94. The number of hydrogen-bond donors (Lipinski definition) is 0. The van der Waals surface area contributed by atoms with Crippen LogP contribution in [0.5, 0.6) is 5.75 Å². The largest absolute Gasteiger partial charge is 0.487 e. The summed E-state index contributed by atoms with van der Waals surface area (Å²) in [5.74, 6) is 0.838. The SMILES string of the molecule is Cc1nc(COc2ccc(/C=C/c3ccncn3)cc2)cs1. The molecular weight excluding hydrogens is 294 g/mol. The Morgan fingerprint density at radius 2 is 2.00 bits per heavy atom. The minimum Gasteiger partial charge on any atom is -0.487 e. The average Bonchev–Trinajstić information content (AvgIpc) is 2.98. The molecule has 1 aromatic carbocycles. The molecule has 4 nitrogen and oxygen atoms in total. The van der Waals surface area contributed by atoms with Crippen LogP contribution in [0.15, 0.2) is 48.2 Å². The first-order valence-electron chi connectivity index (χ1n) is 6.87. The summed E-state index contributed by atoms with van der Waals surface area (Å²) in [6.45, 7) is 2.49. The van der Waals surface area contributed by atoms with Crippen LogP contribution < -0.4 is 4.74 Å². The van der Waals surface area contributed by atoms with Crippen LogP contribution in [0.4, 0.5) is 0 Å². The Morgan fingerprint density at radius 1 is 1.14 bits per heavy atom. The maximum atomic E-state index is 5.72. The lowest BCUT2D eigenvalue weighted by atomic mass is 10.2. The van der Waals surface area contributed by atoms with Crippen LogP contribution in [0.1, 0.15) is 22.0 Å². The van der Waals surface area contributed by atoms with Crippen molar-refractivity contribution >= 4 is 23.5 Å². The quantitative estimate of drug-likeness (QED) is 0.715. The molecule has 0 saturated carbocycles. The van der Waals surface area contributed by atoms with Gasteiger partial charge in [-0.15, -0.1) is 11.3 Å². The van der Waals surface area contributed by atoms with E-state index in [0.717, 1.165) is 27.7 Å². The van der Waals surface area contributed by atoms with Crippen LogP contribution in [0.25, 0.3) is 12.2 Å². The summed E-state index contributed by atoms with van der Waals surface area (Å²) in [5, 5.41) is 3.08. The summed E-state index contributed by atoms with van der Waals surface area (Å²) in [7, 11) is 0. The molecule has 0 aliphatic rings. The van der Waals surface area contributed by atoms with Gasteiger partial charge in [-0.25, -0.2) is 15.0 Å². The minimum atomic E-state index is 0.500. The van der Waals surface area contributed by atoms with Gasteiger partial charge in [-0.2, -0.15) is 0 Å². The van der Waals surface area contributed by atoms with E-state index in [1.807, 2.05) is 54.8 Å². The molecule has 0 aliphatic carbocycles. The number of rotatable bonds is 5. The first-order valence-corrected chi connectivity index (χ1v) is 7.75. The maximum absolute atomic E-state index is 5.72. The number of ether oxygens (including phenoxy) is 1. The number of hydrogen-bond acceptors (Lipinski definition) is 5. The fourth-order valence-corrected chi connectivity index (χ4v) is 2.49. The van der Waals surface area contributed by atoms with Crippen molar-refractivity contribution in [3.63, 3.8) is 0 Å². The molecule has 0 unspecified atom stereocenters. The summed E-state index contributed by atoms with van der Waals surface area (Å²) in [6, 6.07) is 9.81. The van der Waals surface area contributed by atoms with Gasteiger partial charge in [0.2, 0.25) is 0 Å². The lowest BCUT2D eigenvalue weighted by molar-refractivity contribution is 0.302. The standard InChI is InChI=1S/C17H15N3OS/c1-13-20-16(11-22-13)10-21-17-6-3-14(4-7-17)2-5-15-8-9-18-12-19-15/h2-9,11-12H,10H2,1H3/b5-2+. The van der Waals surface area contributed by atoms with Crippen LogP contribution in [-0.2, 0) is 6.61 Å². The van der Waals surface area contributed by atoms with Crippen molar-refractivity contribution in [3.8, 4) is 5.75 Å². The lowest BCUT2D eigenvalue weighted by Gasteiger charge is -2.04. The topological polar surface area (TPSA) is 47.9 Å². The van der Waals surface area contributed by atoms with Gasteiger partial charge in [0.05, 0.1) is 16.4 Å². The first kappa shape index (κ1) is 14.4. The highest BCUT2D eigenvalue weighted by Gasteiger charge is 1.99. The van der Waals surface area contributed by atoms with Gasteiger partial charge in [0, 0.05) is 11.6 Å². The number of aryl methyl sites for hydroxylation is 1. The van der Waals surface area contributed by atoms with Crippen molar-refractivity contribution < 1.29 is 4.74 Å². The zero-order valence-corrected chi connectivity index (χ0v) is 13.0. The Morgan fingerprint density at radius 3 is 2.68 bits per heavy atom. The van der Waals surface area contributed by atoms with Crippen molar-refractivity contribution in [2.45, 2.75) is 13.5 Å². The van der Waals surface area contributed by atoms with Gasteiger partial charge in [-0.1, -0.05) is 18.2 Å². The first-order chi connectivity index (χ1) is 10.8. The Labute approximate surface area is 133 Å². The third-order valence-electron chi connectivity index (χ3n) is 2.98. The molecule has 0 amide bonds. The van der Waals surface area contributed by atoms with Crippen LogP contribution in [-0.4, -0.2) is 15.0 Å². The molecule has 3 aromatic rings. The van der Waals surface area contributed by atoms with E-state index in [4.69, 9.17) is 4.74 Å². The zero-order chi connectivity index (χ0) is 15.2. The second-order valence-corrected chi connectivity index (χ2v) is 5.75. The fourth-order valence-electron chi connectivity index (χ4n) is 1.89. The van der Waals surface area contributed by atoms with Gasteiger partial charge in [0.15, 0.2) is 0 Å². The highest BCUT2D eigenvalue weighted by atomic mass is 32.1. The van der Waals surface area contributed by atoms with Gasteiger partial charge in [0.25, 0.3) is 0 Å². The number of nitrogens with zero attached hydrogens (tertiary/aromatic N) is 3. The molecule has 0 aliphatic heterocycles. The van der Waals surface area contributed by atoms with E-state index in [1.54, 1.807) is 17.5 Å². The van der Waals surface area contributed by atoms with Crippen molar-refractivity contribution in [2.75, 3.05) is 0 Å². The van der Waals surface area contributed by atoms with Gasteiger partial charge in [-0.05, 0) is 36.8 Å². The molecule has 0 radical (unpaired) electrons. The summed E-state index contributed by atoms with van der Waals surface area (Å²) >= 11 is 1.64. The van der Waals surface area contributed by atoms with Gasteiger partial charge in [-0.3, -0.25) is 0 Å². The molecule has 2 heterocycles. The molecule has 0 bridgehead atoms. The van der Waals surface area contributed by atoms with Crippen molar-refractivity contribution in [3.05, 3.63) is 70.2 Å². The Hall–Kier alpha value is -2.53. The molecule has 0 saturated heterocycles. The Balaban J connectivity index is 1.59. The highest BCUT2D eigenvalue weighted by Crippen LogP contribution is 2.16. The smallest absolute Gasteiger partial charge is 0.131 e. The van der Waals surface area contributed by atoms with Crippen LogP contribution in [0.2, 0.25) is 0 Å². The second kappa shape index (κ2) is 6.95. The molecule has 5 heteroatoms. The Bertz CT molecular complexity index is 751. The summed E-state index contributed by atoms with van der Waals surface area (Å²) in [4.78, 5) is 12.4. The molecule has 0 atom stereocenters. The van der Waals surface area contributed by atoms with E-state index in [2.05, 4.69) is 15.0 Å². The molecule has 3 rings (SSSR count). The monoisotopic (exact) mass is 309 g/mol. The molecular formula is C17H15N3OS. The predicted molar refractivity (Wildman–Crippen MR) is 88.6 cm³/mol. The van der Waals surface area contributed by atoms with Gasteiger partial charge >= 0.3 is 0 Å². The normalized spacial score (nSPS) is 11.0. The van der Waals surface area contributed by atoms with Crippen molar-refractivity contribution in [1.82, 2.24) is 15.0 Å². The highest BCUT2D eigenvalue weighted by molar-refractivity contribution is 7.09. The van der Waals surface area contributed by atoms with E-state index in [1.165, 1.54) is 6.33 Å². The van der Waals surface area contributed by atoms with Crippen molar-refractivity contribution in [1.29, 1.82) is 0 Å². The van der Waals surface area contributed by atoms with E-state index in [-0.39, 0.29) is 0 Å². The van der Waals surface area contributed by atoms with E-state index in [0.29, 0.717) is 6.61 Å².